The number of aryl methyl sites for hydroxylation is 1. The van der Waals surface area contributed by atoms with Crippen molar-refractivity contribution in [2.75, 3.05) is 7.05 Å². The third-order valence-corrected chi connectivity index (χ3v) is 3.20. The number of benzene rings is 1. The fraction of sp³-hybridized carbons (Fsp3) is 0.267. The highest BCUT2D eigenvalue weighted by Gasteiger charge is 2.00. The van der Waals surface area contributed by atoms with Gasteiger partial charge in [-0.05, 0) is 29.3 Å². The second-order valence-corrected chi connectivity index (χ2v) is 5.03. The molecule has 0 bridgehead atoms. The first kappa shape index (κ1) is 17.8. The van der Waals surface area contributed by atoms with Gasteiger partial charge in [-0.25, -0.2) is 0 Å². The van der Waals surface area contributed by atoms with E-state index in [-0.39, 0.29) is 24.0 Å². The predicted molar refractivity (Wildman–Crippen MR) is 99.3 cm³/mol. The molecule has 2 rings (SSSR count). The fourth-order valence-electron chi connectivity index (χ4n) is 1.86. The first-order valence-corrected chi connectivity index (χ1v) is 6.85. The summed E-state index contributed by atoms with van der Waals surface area (Å²) in [5.41, 5.74) is 2.39. The molecule has 21 heavy (non-hydrogen) atoms. The van der Waals surface area contributed by atoms with Crippen LogP contribution in [0.1, 0.15) is 11.1 Å². The molecule has 0 aliphatic heterocycles. The van der Waals surface area contributed by atoms with E-state index in [9.17, 15) is 0 Å². The molecule has 0 fully saturated rings. The number of guanidine groups is 1. The first-order valence-electron chi connectivity index (χ1n) is 6.47. The number of hydrogen-bond acceptors (Lipinski definition) is 1. The lowest BCUT2D eigenvalue weighted by Gasteiger charge is -2.11. The largest absolute Gasteiger partial charge is 0.357 e. The van der Waals surface area contributed by atoms with Gasteiger partial charge in [-0.2, -0.15) is 0 Å². The van der Waals surface area contributed by atoms with E-state index in [0.717, 1.165) is 23.1 Å². The van der Waals surface area contributed by atoms with Gasteiger partial charge in [-0.15, -0.1) is 24.0 Å². The molecule has 4 nitrogen and oxygen atoms in total. The smallest absolute Gasteiger partial charge is 0.191 e. The molecule has 0 radical (unpaired) electrons. The average Bonchev–Trinajstić information content (AvgIpc) is 2.87. The van der Waals surface area contributed by atoms with Crippen LogP contribution in [0.15, 0.2) is 47.7 Å². The van der Waals surface area contributed by atoms with Crippen molar-refractivity contribution >= 4 is 41.5 Å². The molecule has 1 aromatic heterocycles. The SMILES string of the molecule is CN=C(NCc1ccc(Cl)cc1)NCc1ccn(C)c1.I. The summed E-state index contributed by atoms with van der Waals surface area (Å²) in [7, 11) is 3.78. The van der Waals surface area contributed by atoms with E-state index in [2.05, 4.69) is 27.9 Å². The molecule has 0 saturated carbocycles. The number of hydrogen-bond donors (Lipinski definition) is 2. The molecule has 6 heteroatoms. The van der Waals surface area contributed by atoms with Gasteiger partial charge in [0, 0.05) is 44.6 Å². The molecule has 1 aromatic carbocycles. The molecule has 0 aliphatic carbocycles. The van der Waals surface area contributed by atoms with E-state index in [1.807, 2.05) is 42.1 Å². The molecule has 0 aliphatic rings. The molecule has 0 unspecified atom stereocenters. The number of halogens is 2. The van der Waals surface area contributed by atoms with Gasteiger partial charge in [0.1, 0.15) is 0 Å². The summed E-state index contributed by atoms with van der Waals surface area (Å²) in [5, 5.41) is 7.30. The quantitative estimate of drug-likeness (QED) is 0.455. The first-order chi connectivity index (χ1) is 9.67. The molecule has 0 saturated heterocycles. The Morgan fingerprint density at radius 3 is 2.24 bits per heavy atom. The molecule has 0 amide bonds. The lowest BCUT2D eigenvalue weighted by Crippen LogP contribution is -2.36. The summed E-state index contributed by atoms with van der Waals surface area (Å²) < 4.78 is 2.03. The summed E-state index contributed by atoms with van der Waals surface area (Å²) in [4.78, 5) is 4.20. The Kier molecular flexibility index (Phi) is 7.60. The van der Waals surface area contributed by atoms with Crippen LogP contribution in [0, 0.1) is 0 Å². The van der Waals surface area contributed by atoms with Crippen LogP contribution in [-0.2, 0) is 20.1 Å². The van der Waals surface area contributed by atoms with Gasteiger partial charge in [0.05, 0.1) is 0 Å². The predicted octanol–water partition coefficient (Wildman–Crippen LogP) is 3.16. The number of rotatable bonds is 4. The van der Waals surface area contributed by atoms with Crippen molar-refractivity contribution < 1.29 is 0 Å². The lowest BCUT2D eigenvalue weighted by molar-refractivity contribution is 0.806. The molecule has 114 valence electrons. The van der Waals surface area contributed by atoms with Crippen molar-refractivity contribution in [3.05, 3.63) is 58.9 Å². The summed E-state index contributed by atoms with van der Waals surface area (Å²) in [6.45, 7) is 1.47. The Labute approximate surface area is 147 Å². The number of aliphatic imine (C=N–C) groups is 1. The third kappa shape index (κ3) is 5.97. The minimum atomic E-state index is 0. The van der Waals surface area contributed by atoms with Gasteiger partial charge in [-0.1, -0.05) is 23.7 Å². The van der Waals surface area contributed by atoms with E-state index >= 15 is 0 Å². The van der Waals surface area contributed by atoms with Gasteiger partial charge in [0.25, 0.3) is 0 Å². The van der Waals surface area contributed by atoms with Crippen molar-refractivity contribution in [1.29, 1.82) is 0 Å². The van der Waals surface area contributed by atoms with Gasteiger partial charge >= 0.3 is 0 Å². The van der Waals surface area contributed by atoms with Gasteiger partial charge in [-0.3, -0.25) is 4.99 Å². The Morgan fingerprint density at radius 2 is 1.71 bits per heavy atom. The van der Waals surface area contributed by atoms with Crippen LogP contribution >= 0.6 is 35.6 Å². The zero-order valence-corrected chi connectivity index (χ0v) is 15.2. The van der Waals surface area contributed by atoms with Gasteiger partial charge < -0.3 is 15.2 Å². The molecular formula is C15H20ClIN4. The van der Waals surface area contributed by atoms with Crippen LogP contribution in [0.2, 0.25) is 5.02 Å². The molecule has 1 heterocycles. The highest BCUT2D eigenvalue weighted by Crippen LogP contribution is 2.09. The van der Waals surface area contributed by atoms with E-state index in [4.69, 9.17) is 11.6 Å². The zero-order valence-electron chi connectivity index (χ0n) is 12.1. The number of aromatic nitrogens is 1. The highest BCUT2D eigenvalue weighted by molar-refractivity contribution is 14.0. The van der Waals surface area contributed by atoms with E-state index in [1.165, 1.54) is 5.56 Å². The standard InChI is InChI=1S/C15H19ClN4.HI/c1-17-15(19-10-13-7-8-20(2)11-13)18-9-12-3-5-14(16)6-4-12;/h3-8,11H,9-10H2,1-2H3,(H2,17,18,19);1H. The van der Waals surface area contributed by atoms with Crippen molar-refractivity contribution in [2.24, 2.45) is 12.0 Å². The van der Waals surface area contributed by atoms with Crippen LogP contribution in [0.5, 0.6) is 0 Å². The van der Waals surface area contributed by atoms with E-state index in [0.29, 0.717) is 6.54 Å². The van der Waals surface area contributed by atoms with Crippen LogP contribution in [0.4, 0.5) is 0 Å². The van der Waals surface area contributed by atoms with Crippen LogP contribution in [0.3, 0.4) is 0 Å². The second-order valence-electron chi connectivity index (χ2n) is 4.59. The summed E-state index contributed by atoms with van der Waals surface area (Å²) in [6.07, 6.45) is 4.11. The minimum Gasteiger partial charge on any atom is -0.357 e. The monoisotopic (exact) mass is 418 g/mol. The molecule has 0 spiro atoms. The minimum absolute atomic E-state index is 0. The van der Waals surface area contributed by atoms with Crippen molar-refractivity contribution in [2.45, 2.75) is 13.1 Å². The Hall–Kier alpha value is -1.21. The van der Waals surface area contributed by atoms with Gasteiger partial charge in [0.2, 0.25) is 0 Å². The second kappa shape index (κ2) is 8.94. The van der Waals surface area contributed by atoms with Crippen molar-refractivity contribution in [1.82, 2.24) is 15.2 Å². The lowest BCUT2D eigenvalue weighted by atomic mass is 10.2. The van der Waals surface area contributed by atoms with Crippen LogP contribution < -0.4 is 10.6 Å². The normalized spacial score (nSPS) is 10.9. The molecular weight excluding hydrogens is 399 g/mol. The average molecular weight is 419 g/mol. The van der Waals surface area contributed by atoms with E-state index < -0.39 is 0 Å². The molecule has 2 aromatic rings. The number of nitrogens with one attached hydrogen (secondary N) is 2. The Balaban J connectivity index is 0.00000220. The maximum Gasteiger partial charge on any atom is 0.191 e. The third-order valence-electron chi connectivity index (χ3n) is 2.95. The van der Waals surface area contributed by atoms with Crippen molar-refractivity contribution in [3.8, 4) is 0 Å². The Bertz CT molecular complexity index is 578. The highest BCUT2D eigenvalue weighted by atomic mass is 127. The Morgan fingerprint density at radius 1 is 1.10 bits per heavy atom. The molecule has 0 atom stereocenters. The van der Waals surface area contributed by atoms with Crippen LogP contribution in [-0.4, -0.2) is 17.6 Å². The summed E-state index contributed by atoms with van der Waals surface area (Å²) in [5.74, 6) is 0.781. The topological polar surface area (TPSA) is 41.4 Å². The maximum atomic E-state index is 5.86. The summed E-state index contributed by atoms with van der Waals surface area (Å²) in [6, 6.07) is 9.86. The van der Waals surface area contributed by atoms with E-state index in [1.54, 1.807) is 7.05 Å². The number of nitrogens with zero attached hydrogens (tertiary/aromatic N) is 2. The summed E-state index contributed by atoms with van der Waals surface area (Å²) >= 11 is 5.86. The van der Waals surface area contributed by atoms with Gasteiger partial charge in [0.15, 0.2) is 5.96 Å². The molecule has 2 N–H and O–H groups in total. The van der Waals surface area contributed by atoms with Crippen molar-refractivity contribution in [3.63, 3.8) is 0 Å². The van der Waals surface area contributed by atoms with Crippen LogP contribution in [0.25, 0.3) is 0 Å². The zero-order chi connectivity index (χ0) is 14.4. The maximum absolute atomic E-state index is 5.86. The fourth-order valence-corrected chi connectivity index (χ4v) is 1.99.